The summed E-state index contributed by atoms with van der Waals surface area (Å²) < 4.78 is 24.3. The topological polar surface area (TPSA) is 61.6 Å². The van der Waals surface area contributed by atoms with Crippen LogP contribution in [0.15, 0.2) is 12.1 Å². The fourth-order valence-electron chi connectivity index (χ4n) is 1.67. The molecule has 0 saturated carbocycles. The third kappa shape index (κ3) is 2.10. The van der Waals surface area contributed by atoms with Gasteiger partial charge in [0.25, 0.3) is 0 Å². The smallest absolute Gasteiger partial charge is 0.231 e. The second-order valence-corrected chi connectivity index (χ2v) is 4.36. The molecule has 5 heteroatoms. The molecule has 1 aromatic carbocycles. The number of halogens is 1. The maximum absolute atomic E-state index is 13.9. The monoisotopic (exact) mass is 239 g/mol. The van der Waals surface area contributed by atoms with Gasteiger partial charge >= 0.3 is 0 Å². The molecule has 1 aromatic rings. The quantitative estimate of drug-likeness (QED) is 0.816. The average molecular weight is 239 g/mol. The Bertz CT molecular complexity index is 466. The Morgan fingerprint density at radius 2 is 2.18 bits per heavy atom. The summed E-state index contributed by atoms with van der Waals surface area (Å²) in [7, 11) is 0. The second kappa shape index (κ2) is 4.00. The number of Topliss-reactive ketones (excluding diaryl/α,β-unsaturated/α-hetero) is 1. The zero-order valence-corrected chi connectivity index (χ0v) is 9.75. The number of benzene rings is 1. The van der Waals surface area contributed by atoms with Crippen molar-refractivity contribution < 1.29 is 18.7 Å². The minimum absolute atomic E-state index is 0.0380. The van der Waals surface area contributed by atoms with Crippen molar-refractivity contribution in [3.8, 4) is 11.5 Å². The van der Waals surface area contributed by atoms with Crippen molar-refractivity contribution in [1.82, 2.24) is 0 Å². The van der Waals surface area contributed by atoms with Crippen LogP contribution in [0.3, 0.4) is 0 Å². The van der Waals surface area contributed by atoms with Crippen LogP contribution in [-0.4, -0.2) is 19.1 Å². The summed E-state index contributed by atoms with van der Waals surface area (Å²) in [6, 6.07) is 3.03. The Balaban J connectivity index is 2.58. The molecule has 0 amide bonds. The number of carbonyl (C=O) groups excluding carboxylic acids is 1. The van der Waals surface area contributed by atoms with Gasteiger partial charge in [-0.05, 0) is 31.5 Å². The Hall–Kier alpha value is -1.62. The zero-order valence-electron chi connectivity index (χ0n) is 9.75. The molecule has 92 valence electrons. The summed E-state index contributed by atoms with van der Waals surface area (Å²) in [5.41, 5.74) is 4.42. The third-order valence-electron chi connectivity index (χ3n) is 2.64. The van der Waals surface area contributed by atoms with Crippen LogP contribution in [0.5, 0.6) is 11.5 Å². The van der Waals surface area contributed by atoms with Crippen molar-refractivity contribution in [3.63, 3.8) is 0 Å². The average Bonchev–Trinajstić information content (AvgIpc) is 2.73. The van der Waals surface area contributed by atoms with Crippen molar-refractivity contribution >= 4 is 5.78 Å². The SMILES string of the molecule is CC(C)(F)c1cc2c(c(C(=O)CN)c1)OCO2. The van der Waals surface area contributed by atoms with Crippen LogP contribution in [0.1, 0.15) is 29.8 Å². The number of fused-ring (bicyclic) bond motifs is 1. The summed E-state index contributed by atoms with van der Waals surface area (Å²) in [5, 5.41) is 0. The molecule has 0 radical (unpaired) electrons. The number of ether oxygens (including phenoxy) is 2. The number of ketones is 1. The molecule has 0 saturated heterocycles. The van der Waals surface area contributed by atoms with Gasteiger partial charge in [-0.1, -0.05) is 0 Å². The van der Waals surface area contributed by atoms with Crippen molar-refractivity contribution in [2.75, 3.05) is 13.3 Å². The van der Waals surface area contributed by atoms with Gasteiger partial charge in [0, 0.05) is 0 Å². The van der Waals surface area contributed by atoms with Gasteiger partial charge in [-0.2, -0.15) is 0 Å². The Morgan fingerprint density at radius 1 is 1.47 bits per heavy atom. The Labute approximate surface area is 98.5 Å². The number of rotatable bonds is 3. The minimum atomic E-state index is -1.55. The van der Waals surface area contributed by atoms with E-state index in [4.69, 9.17) is 15.2 Å². The van der Waals surface area contributed by atoms with E-state index in [-0.39, 0.29) is 24.7 Å². The maximum atomic E-state index is 13.9. The summed E-state index contributed by atoms with van der Waals surface area (Å²) in [6.07, 6.45) is 0. The van der Waals surface area contributed by atoms with E-state index in [1.54, 1.807) is 6.07 Å². The van der Waals surface area contributed by atoms with Crippen molar-refractivity contribution in [2.24, 2.45) is 5.73 Å². The molecule has 17 heavy (non-hydrogen) atoms. The van der Waals surface area contributed by atoms with Crippen LogP contribution < -0.4 is 15.2 Å². The molecular weight excluding hydrogens is 225 g/mol. The third-order valence-corrected chi connectivity index (χ3v) is 2.64. The van der Waals surface area contributed by atoms with E-state index >= 15 is 0 Å². The fraction of sp³-hybridized carbons (Fsp3) is 0.417. The summed E-state index contributed by atoms with van der Waals surface area (Å²) in [5.74, 6) is 0.455. The van der Waals surface area contributed by atoms with E-state index in [0.29, 0.717) is 17.1 Å². The van der Waals surface area contributed by atoms with Gasteiger partial charge in [-0.25, -0.2) is 4.39 Å². The van der Waals surface area contributed by atoms with Crippen LogP contribution in [0.25, 0.3) is 0 Å². The second-order valence-electron chi connectivity index (χ2n) is 4.36. The molecule has 1 heterocycles. The van der Waals surface area contributed by atoms with Gasteiger partial charge in [0.05, 0.1) is 12.1 Å². The van der Waals surface area contributed by atoms with E-state index in [1.165, 1.54) is 19.9 Å². The number of nitrogens with two attached hydrogens (primary N) is 1. The van der Waals surface area contributed by atoms with Crippen LogP contribution in [0.2, 0.25) is 0 Å². The molecular formula is C12H14FNO3. The fourth-order valence-corrected chi connectivity index (χ4v) is 1.67. The molecule has 4 nitrogen and oxygen atoms in total. The molecule has 0 fully saturated rings. The highest BCUT2D eigenvalue weighted by Gasteiger charge is 2.28. The summed E-state index contributed by atoms with van der Waals surface area (Å²) in [6.45, 7) is 2.73. The molecule has 0 aliphatic carbocycles. The highest BCUT2D eigenvalue weighted by molar-refractivity contribution is 6.01. The molecule has 0 atom stereocenters. The number of carbonyl (C=O) groups is 1. The molecule has 1 aliphatic rings. The first kappa shape index (κ1) is 11.9. The maximum Gasteiger partial charge on any atom is 0.231 e. The molecule has 0 unspecified atom stereocenters. The standard InChI is InChI=1S/C12H14FNO3/c1-12(2,13)7-3-8(9(15)5-14)11-10(4-7)16-6-17-11/h3-4H,5-6,14H2,1-2H3. The Kier molecular flexibility index (Phi) is 2.79. The lowest BCUT2D eigenvalue weighted by Gasteiger charge is -2.16. The molecule has 0 bridgehead atoms. The van der Waals surface area contributed by atoms with Gasteiger partial charge in [0.2, 0.25) is 6.79 Å². The summed E-state index contributed by atoms with van der Waals surface area (Å²) >= 11 is 0. The first-order chi connectivity index (χ1) is 7.93. The van der Waals surface area contributed by atoms with Gasteiger partial charge in [0.1, 0.15) is 5.67 Å². The lowest BCUT2D eigenvalue weighted by Crippen LogP contribution is -2.16. The van der Waals surface area contributed by atoms with E-state index < -0.39 is 5.67 Å². The number of hydrogen-bond acceptors (Lipinski definition) is 4. The van der Waals surface area contributed by atoms with E-state index in [9.17, 15) is 9.18 Å². The number of hydrogen-bond donors (Lipinski definition) is 1. The molecule has 0 aromatic heterocycles. The van der Waals surface area contributed by atoms with Crippen molar-refractivity contribution in [3.05, 3.63) is 23.3 Å². The van der Waals surface area contributed by atoms with Crippen LogP contribution in [0.4, 0.5) is 4.39 Å². The molecule has 2 N–H and O–H groups in total. The predicted molar refractivity (Wildman–Crippen MR) is 60.1 cm³/mol. The van der Waals surface area contributed by atoms with E-state index in [0.717, 1.165) is 0 Å². The van der Waals surface area contributed by atoms with Gasteiger partial charge in [-0.3, -0.25) is 4.79 Å². The zero-order chi connectivity index (χ0) is 12.6. The van der Waals surface area contributed by atoms with Crippen LogP contribution in [0, 0.1) is 0 Å². The summed E-state index contributed by atoms with van der Waals surface area (Å²) in [4.78, 5) is 11.7. The van der Waals surface area contributed by atoms with Gasteiger partial charge in [0.15, 0.2) is 17.3 Å². The van der Waals surface area contributed by atoms with Crippen LogP contribution >= 0.6 is 0 Å². The Morgan fingerprint density at radius 3 is 2.76 bits per heavy atom. The van der Waals surface area contributed by atoms with Crippen molar-refractivity contribution in [2.45, 2.75) is 19.5 Å². The first-order valence-electron chi connectivity index (χ1n) is 5.30. The highest BCUT2D eigenvalue weighted by atomic mass is 19.1. The highest BCUT2D eigenvalue weighted by Crippen LogP contribution is 2.40. The first-order valence-corrected chi connectivity index (χ1v) is 5.30. The lowest BCUT2D eigenvalue weighted by molar-refractivity contribution is 0.0996. The molecule has 0 spiro atoms. The van der Waals surface area contributed by atoms with E-state index in [1.807, 2.05) is 0 Å². The largest absolute Gasteiger partial charge is 0.454 e. The minimum Gasteiger partial charge on any atom is -0.454 e. The number of alkyl halides is 1. The normalized spacial score (nSPS) is 13.9. The molecule has 1 aliphatic heterocycles. The lowest BCUT2D eigenvalue weighted by atomic mass is 9.95. The predicted octanol–water partition coefficient (Wildman–Crippen LogP) is 1.76. The van der Waals surface area contributed by atoms with E-state index in [2.05, 4.69) is 0 Å². The van der Waals surface area contributed by atoms with Gasteiger partial charge in [-0.15, -0.1) is 0 Å². The van der Waals surface area contributed by atoms with Crippen molar-refractivity contribution in [1.29, 1.82) is 0 Å². The van der Waals surface area contributed by atoms with Gasteiger partial charge < -0.3 is 15.2 Å². The van der Waals surface area contributed by atoms with Crippen LogP contribution in [-0.2, 0) is 5.67 Å². The molecule has 2 rings (SSSR count).